The zero-order chi connectivity index (χ0) is 28.7. The number of nitrogens with zero attached hydrogens (tertiary/aromatic N) is 4. The summed E-state index contributed by atoms with van der Waals surface area (Å²) in [6.45, 7) is 0. The number of pyridine rings is 1. The van der Waals surface area contributed by atoms with E-state index in [9.17, 15) is 9.18 Å². The highest BCUT2D eigenvalue weighted by Gasteiger charge is 2.40. The minimum Gasteiger partial charge on any atom is -0.463 e. The molecule has 7 nitrogen and oxygen atoms in total. The van der Waals surface area contributed by atoms with Crippen LogP contribution in [0.25, 0.3) is 33.2 Å². The van der Waals surface area contributed by atoms with Gasteiger partial charge < -0.3 is 4.74 Å². The molecule has 0 aliphatic rings. The molecule has 0 amide bonds. The van der Waals surface area contributed by atoms with E-state index in [0.717, 1.165) is 27.6 Å². The van der Waals surface area contributed by atoms with Gasteiger partial charge >= 0.3 is 5.97 Å². The number of hydrogen-bond acceptors (Lipinski definition) is 5. The van der Waals surface area contributed by atoms with Gasteiger partial charge in [0.2, 0.25) is 11.8 Å². The molecule has 7 rings (SSSR count). The molecule has 0 fully saturated rings. The smallest absolute Gasteiger partial charge is 0.376 e. The van der Waals surface area contributed by atoms with Gasteiger partial charge in [0.25, 0.3) is 0 Å². The SMILES string of the molecule is COC(=O)c1nc2cc3c(-c4ccnc(F)c4)[nH]n(C(c4ccccc4)(c4ccccc4)c4ccccc4)c3cc2n1. The number of H-pyrrole nitrogens is 1. The molecule has 42 heavy (non-hydrogen) atoms. The third-order valence-electron chi connectivity index (χ3n) is 7.57. The Morgan fingerprint density at radius 1 is 0.786 bits per heavy atom. The molecule has 8 heteroatoms. The molecule has 1 N–H and O–H groups in total. The summed E-state index contributed by atoms with van der Waals surface area (Å²) < 4.78 is 21.4. The molecule has 0 unspecified atom stereocenters. The van der Waals surface area contributed by atoms with Crippen LogP contribution in [0.2, 0.25) is 0 Å². The van der Waals surface area contributed by atoms with Crippen molar-refractivity contribution in [3.8, 4) is 11.3 Å². The zero-order valence-electron chi connectivity index (χ0n) is 22.5. The van der Waals surface area contributed by atoms with Crippen LogP contribution in [0.1, 0.15) is 27.3 Å². The van der Waals surface area contributed by atoms with E-state index in [2.05, 4.69) is 61.1 Å². The van der Waals surface area contributed by atoms with Crippen molar-refractivity contribution < 1.29 is 13.9 Å². The lowest BCUT2D eigenvalue weighted by Crippen LogP contribution is -2.38. The Labute approximate surface area is 240 Å². The predicted octanol–water partition coefficient (Wildman–Crippen LogP) is 6.74. The van der Waals surface area contributed by atoms with E-state index >= 15 is 0 Å². The monoisotopic (exact) mass is 553 g/mol. The fraction of sp³-hybridized carbons (Fsp3) is 0.0588. The molecule has 0 aliphatic carbocycles. The summed E-state index contributed by atoms with van der Waals surface area (Å²) in [5, 5.41) is 4.43. The minimum atomic E-state index is -0.884. The van der Waals surface area contributed by atoms with Crippen molar-refractivity contribution in [2.24, 2.45) is 0 Å². The molecule has 0 saturated carbocycles. The average molecular weight is 554 g/mol. The van der Waals surface area contributed by atoms with Gasteiger partial charge in [-0.3, -0.25) is 9.78 Å². The number of imidazole rings is 1. The third-order valence-corrected chi connectivity index (χ3v) is 7.57. The van der Waals surface area contributed by atoms with E-state index in [1.165, 1.54) is 19.4 Å². The fourth-order valence-corrected chi connectivity index (χ4v) is 5.77. The molecule has 4 aromatic carbocycles. The minimum absolute atomic E-state index is 0.0207. The summed E-state index contributed by atoms with van der Waals surface area (Å²) in [7, 11) is 1.30. The topological polar surface area (TPSA) is 85.7 Å². The van der Waals surface area contributed by atoms with E-state index in [-0.39, 0.29) is 5.82 Å². The molecule has 7 aromatic rings. The Morgan fingerprint density at radius 2 is 1.33 bits per heavy atom. The summed E-state index contributed by atoms with van der Waals surface area (Å²) in [6.07, 6.45) is 1.44. The highest BCUT2D eigenvalue weighted by atomic mass is 19.1. The molecule has 0 saturated heterocycles. The van der Waals surface area contributed by atoms with Crippen LogP contribution in [0.5, 0.6) is 0 Å². The van der Waals surface area contributed by atoms with Crippen molar-refractivity contribution in [1.29, 1.82) is 0 Å². The number of fused-ring (bicyclic) bond motifs is 2. The number of halogens is 1. The number of methoxy groups -OCH3 is 1. The summed E-state index contributed by atoms with van der Waals surface area (Å²) in [6, 6.07) is 37.6. The molecule has 0 aliphatic heterocycles. The molecule has 0 radical (unpaired) electrons. The average Bonchev–Trinajstić information content (AvgIpc) is 3.63. The first kappa shape index (κ1) is 25.3. The van der Waals surface area contributed by atoms with Crippen molar-refractivity contribution in [3.05, 3.63) is 150 Å². The van der Waals surface area contributed by atoms with Crippen LogP contribution in [-0.2, 0) is 10.3 Å². The van der Waals surface area contributed by atoms with E-state index in [1.54, 1.807) is 6.07 Å². The molecular weight excluding hydrogens is 529 g/mol. The second-order valence-electron chi connectivity index (χ2n) is 9.89. The Bertz CT molecular complexity index is 1960. The van der Waals surface area contributed by atoms with Gasteiger partial charge in [0, 0.05) is 23.2 Å². The van der Waals surface area contributed by atoms with Crippen LogP contribution in [0.4, 0.5) is 4.39 Å². The van der Waals surface area contributed by atoms with Crippen molar-refractivity contribution in [3.63, 3.8) is 0 Å². The van der Waals surface area contributed by atoms with Gasteiger partial charge in [-0.05, 0) is 34.9 Å². The molecular formula is C34H24FN5O2. The quantitative estimate of drug-likeness (QED) is 0.140. The molecule has 3 aromatic heterocycles. The highest BCUT2D eigenvalue weighted by molar-refractivity contribution is 6.02. The maximum Gasteiger partial charge on any atom is 0.376 e. The number of nitrogens with one attached hydrogen (secondary N) is 1. The van der Waals surface area contributed by atoms with Gasteiger partial charge in [0.05, 0.1) is 29.4 Å². The molecule has 0 bridgehead atoms. The molecule has 204 valence electrons. The number of benzene rings is 4. The number of hydrogen-bond donors (Lipinski definition) is 1. The van der Waals surface area contributed by atoms with Gasteiger partial charge in [-0.15, -0.1) is 0 Å². The number of carbonyl (C=O) groups excluding carboxylic acids is 1. The predicted molar refractivity (Wildman–Crippen MR) is 159 cm³/mol. The number of aromatic nitrogens is 5. The van der Waals surface area contributed by atoms with E-state index in [0.29, 0.717) is 22.3 Å². The molecule has 0 atom stereocenters. The lowest BCUT2D eigenvalue weighted by Gasteiger charge is -2.37. The lowest BCUT2D eigenvalue weighted by atomic mass is 9.77. The van der Waals surface area contributed by atoms with Gasteiger partial charge in [-0.25, -0.2) is 19.7 Å². The first-order chi connectivity index (χ1) is 20.6. The van der Waals surface area contributed by atoms with Gasteiger partial charge in [-0.1, -0.05) is 91.0 Å². The largest absolute Gasteiger partial charge is 0.463 e. The van der Waals surface area contributed by atoms with Crippen LogP contribution >= 0.6 is 0 Å². The Hall–Kier alpha value is -5.63. The van der Waals surface area contributed by atoms with Crippen LogP contribution in [0.15, 0.2) is 121 Å². The summed E-state index contributed by atoms with van der Waals surface area (Å²) >= 11 is 0. The first-order valence-electron chi connectivity index (χ1n) is 13.4. The Morgan fingerprint density at radius 3 is 1.86 bits per heavy atom. The number of esters is 1. The lowest BCUT2D eigenvalue weighted by molar-refractivity contribution is 0.0588. The van der Waals surface area contributed by atoms with Crippen LogP contribution in [0, 0.1) is 5.95 Å². The fourth-order valence-electron chi connectivity index (χ4n) is 5.77. The second kappa shape index (κ2) is 10.1. The van der Waals surface area contributed by atoms with Crippen molar-refractivity contribution in [2.75, 3.05) is 7.11 Å². The number of aromatic amines is 1. The number of carbonyl (C=O) groups is 1. The summed E-state index contributed by atoms with van der Waals surface area (Å²) in [4.78, 5) is 25.0. The maximum absolute atomic E-state index is 14.5. The zero-order valence-corrected chi connectivity index (χ0v) is 22.5. The van der Waals surface area contributed by atoms with Gasteiger partial charge in [0.15, 0.2) is 0 Å². The maximum atomic E-state index is 14.5. The third kappa shape index (κ3) is 3.96. The van der Waals surface area contributed by atoms with Crippen molar-refractivity contribution >= 4 is 27.9 Å². The van der Waals surface area contributed by atoms with Crippen LogP contribution < -0.4 is 0 Å². The van der Waals surface area contributed by atoms with E-state index in [4.69, 9.17) is 4.74 Å². The standard InChI is InChI=1S/C34H24FN5O2/c1-42-33(41)32-37-27-20-26-29(21-28(27)38-32)40(39-31(26)22-17-18-36-30(35)19-22)34(23-11-5-2-6-12-23,24-13-7-3-8-14-24)25-15-9-4-10-16-25/h2-21,39H,1H3. The molecule has 3 heterocycles. The second-order valence-corrected chi connectivity index (χ2v) is 9.89. The number of rotatable bonds is 6. The summed E-state index contributed by atoms with van der Waals surface area (Å²) in [5.74, 6) is -1.23. The summed E-state index contributed by atoms with van der Waals surface area (Å²) in [5.41, 5.74) is 5.25. The highest BCUT2D eigenvalue weighted by Crippen LogP contribution is 2.44. The van der Waals surface area contributed by atoms with Gasteiger partial charge in [0.1, 0.15) is 5.54 Å². The van der Waals surface area contributed by atoms with Crippen molar-refractivity contribution in [1.82, 2.24) is 24.7 Å². The van der Waals surface area contributed by atoms with Crippen LogP contribution in [-0.4, -0.2) is 37.8 Å². The van der Waals surface area contributed by atoms with E-state index < -0.39 is 17.5 Å². The normalized spacial score (nSPS) is 11.7. The van der Waals surface area contributed by atoms with Crippen LogP contribution in [0.3, 0.4) is 0 Å². The first-order valence-corrected chi connectivity index (χ1v) is 13.4. The van der Waals surface area contributed by atoms with E-state index in [1.807, 2.05) is 66.7 Å². The van der Waals surface area contributed by atoms with Gasteiger partial charge in [-0.2, -0.15) is 4.39 Å². The molecule has 0 spiro atoms. The van der Waals surface area contributed by atoms with Crippen molar-refractivity contribution in [2.45, 2.75) is 5.54 Å². The Kier molecular flexibility index (Phi) is 6.09. The number of ether oxygens (including phenoxy) is 1. The Balaban J connectivity index is 1.66.